The van der Waals surface area contributed by atoms with Gasteiger partial charge in [-0.25, -0.2) is 0 Å². The van der Waals surface area contributed by atoms with Crippen LogP contribution < -0.4 is 14.2 Å². The van der Waals surface area contributed by atoms with E-state index in [1.54, 1.807) is 0 Å². The fourth-order valence-corrected chi connectivity index (χ4v) is 3.90. The normalized spacial score (nSPS) is 28.7. The molecule has 1 fully saturated rings. The first-order chi connectivity index (χ1) is 16.2. The van der Waals surface area contributed by atoms with Crippen molar-refractivity contribution in [3.63, 3.8) is 0 Å². The Labute approximate surface area is 192 Å². The van der Waals surface area contributed by atoms with Crippen molar-refractivity contribution in [3.8, 4) is 34.5 Å². The molecule has 0 aliphatic carbocycles. The highest BCUT2D eigenvalue weighted by atomic mass is 16.7. The minimum Gasteiger partial charge on any atom is -0.504 e. The second-order valence-corrected chi connectivity index (χ2v) is 7.93. The summed E-state index contributed by atoms with van der Waals surface area (Å²) in [4.78, 5) is 12.9. The molecule has 0 unspecified atom stereocenters. The maximum atomic E-state index is 12.9. The van der Waals surface area contributed by atoms with E-state index in [4.69, 9.17) is 18.9 Å². The summed E-state index contributed by atoms with van der Waals surface area (Å²) in [6.07, 6.45) is -8.98. The number of aromatic hydroxyl groups is 3. The average Bonchev–Trinajstić information content (AvgIpc) is 2.81. The van der Waals surface area contributed by atoms with Gasteiger partial charge < -0.3 is 54.7 Å². The summed E-state index contributed by atoms with van der Waals surface area (Å²) in [6.45, 7) is -0.682. The van der Waals surface area contributed by atoms with Gasteiger partial charge in [0.2, 0.25) is 12.0 Å². The SMILES string of the molecule is COc1cc2c(c(O)c1O[C@@H]1O[C@H](CO)[C@@H](O)[C@H](O)[C@H]1O)C(=O)C[C@H](c1ccc(O)c(O)c1)O2. The fourth-order valence-electron chi connectivity index (χ4n) is 3.90. The Morgan fingerprint density at radius 3 is 2.41 bits per heavy atom. The summed E-state index contributed by atoms with van der Waals surface area (Å²) in [7, 11) is 1.25. The van der Waals surface area contributed by atoms with Gasteiger partial charge >= 0.3 is 0 Å². The molecule has 2 heterocycles. The van der Waals surface area contributed by atoms with Gasteiger partial charge in [-0.15, -0.1) is 0 Å². The van der Waals surface area contributed by atoms with Crippen molar-refractivity contribution in [1.29, 1.82) is 0 Å². The standard InChI is InChI=1S/C22H24O12/c1-31-14-6-13-16(11(26)5-12(32-13)8-2-3-9(24)10(25)4-8)18(28)21(14)34-22-20(30)19(29)17(27)15(7-23)33-22/h2-4,6,12,15,17,19-20,22-25,27-30H,5,7H2,1H3/t12-,15-,17-,19+,20-,22+/m1/s1. The molecule has 34 heavy (non-hydrogen) atoms. The molecule has 12 nitrogen and oxygen atoms in total. The van der Waals surface area contributed by atoms with Gasteiger partial charge in [-0.1, -0.05) is 6.07 Å². The number of aliphatic hydroxyl groups is 4. The first-order valence-electron chi connectivity index (χ1n) is 10.3. The van der Waals surface area contributed by atoms with Crippen molar-refractivity contribution < 1.29 is 59.5 Å². The monoisotopic (exact) mass is 480 g/mol. The van der Waals surface area contributed by atoms with Crippen molar-refractivity contribution in [2.75, 3.05) is 13.7 Å². The van der Waals surface area contributed by atoms with Gasteiger partial charge in [0.25, 0.3) is 0 Å². The molecule has 4 rings (SSSR count). The van der Waals surface area contributed by atoms with E-state index in [1.807, 2.05) is 0 Å². The topological polar surface area (TPSA) is 196 Å². The summed E-state index contributed by atoms with van der Waals surface area (Å²) in [6, 6.07) is 5.26. The Bertz CT molecular complexity index is 1080. The van der Waals surface area contributed by atoms with E-state index >= 15 is 0 Å². The average molecular weight is 480 g/mol. The predicted molar refractivity (Wildman–Crippen MR) is 111 cm³/mol. The Balaban J connectivity index is 1.67. The fraction of sp³-hybridized carbons (Fsp3) is 0.409. The van der Waals surface area contributed by atoms with Gasteiger partial charge in [-0.2, -0.15) is 0 Å². The Kier molecular flexibility index (Phi) is 6.43. The third-order valence-corrected chi connectivity index (χ3v) is 5.78. The Morgan fingerprint density at radius 1 is 1.03 bits per heavy atom. The molecule has 6 atom stereocenters. The molecule has 0 aromatic heterocycles. The number of hydrogen-bond acceptors (Lipinski definition) is 12. The lowest BCUT2D eigenvalue weighted by Crippen LogP contribution is -2.60. The van der Waals surface area contributed by atoms with Crippen LogP contribution in [0.2, 0.25) is 0 Å². The van der Waals surface area contributed by atoms with Gasteiger partial charge in [-0.3, -0.25) is 4.79 Å². The highest BCUT2D eigenvalue weighted by molar-refractivity contribution is 6.03. The number of phenolic OH excluding ortho intramolecular Hbond substituents is 3. The van der Waals surface area contributed by atoms with E-state index in [0.29, 0.717) is 5.56 Å². The van der Waals surface area contributed by atoms with Crippen LogP contribution in [0.5, 0.6) is 34.5 Å². The molecule has 184 valence electrons. The number of aliphatic hydroxyl groups excluding tert-OH is 4. The van der Waals surface area contributed by atoms with Crippen molar-refractivity contribution in [2.45, 2.75) is 43.2 Å². The maximum absolute atomic E-state index is 12.9. The summed E-state index contributed by atoms with van der Waals surface area (Å²) < 4.78 is 21.9. The number of ether oxygens (including phenoxy) is 4. The molecule has 2 aliphatic heterocycles. The summed E-state index contributed by atoms with van der Waals surface area (Å²) >= 11 is 0. The molecule has 0 saturated carbocycles. The zero-order valence-electron chi connectivity index (χ0n) is 17.9. The number of phenols is 3. The highest BCUT2D eigenvalue weighted by Crippen LogP contribution is 2.49. The zero-order chi connectivity index (χ0) is 24.7. The van der Waals surface area contributed by atoms with E-state index in [2.05, 4.69) is 0 Å². The lowest BCUT2D eigenvalue weighted by molar-refractivity contribution is -0.277. The number of carbonyl (C=O) groups excluding carboxylic acids is 1. The summed E-state index contributed by atoms with van der Waals surface area (Å²) in [5.74, 6) is -2.44. The number of benzene rings is 2. The second-order valence-electron chi connectivity index (χ2n) is 7.93. The Morgan fingerprint density at radius 2 is 1.76 bits per heavy atom. The molecule has 2 aliphatic rings. The third-order valence-electron chi connectivity index (χ3n) is 5.78. The molecule has 7 N–H and O–H groups in total. The van der Waals surface area contributed by atoms with Crippen LogP contribution in [0.1, 0.15) is 28.4 Å². The van der Waals surface area contributed by atoms with Crippen LogP contribution in [0.3, 0.4) is 0 Å². The minimum atomic E-state index is -1.75. The highest BCUT2D eigenvalue weighted by Gasteiger charge is 2.45. The maximum Gasteiger partial charge on any atom is 0.229 e. The van der Waals surface area contributed by atoms with Crippen molar-refractivity contribution >= 4 is 5.78 Å². The summed E-state index contributed by atoms with van der Waals surface area (Å²) in [5, 5.41) is 69.6. The molecule has 12 heteroatoms. The van der Waals surface area contributed by atoms with E-state index in [1.165, 1.54) is 31.4 Å². The molecule has 0 spiro atoms. The molecule has 0 radical (unpaired) electrons. The molecule has 1 saturated heterocycles. The van der Waals surface area contributed by atoms with Crippen LogP contribution in [-0.2, 0) is 4.74 Å². The number of ketones is 1. The second kappa shape index (κ2) is 9.16. The smallest absolute Gasteiger partial charge is 0.229 e. The van der Waals surface area contributed by atoms with Crippen molar-refractivity contribution in [2.24, 2.45) is 0 Å². The van der Waals surface area contributed by atoms with Gasteiger partial charge in [0.05, 0.1) is 20.1 Å². The van der Waals surface area contributed by atoms with Crippen molar-refractivity contribution in [3.05, 3.63) is 35.4 Å². The van der Waals surface area contributed by atoms with Crippen LogP contribution in [0.15, 0.2) is 24.3 Å². The molecular formula is C22H24O12. The van der Waals surface area contributed by atoms with Crippen LogP contribution in [0.25, 0.3) is 0 Å². The number of Topliss-reactive ketones (excluding diaryl/α,β-unsaturated/α-hetero) is 1. The number of rotatable bonds is 5. The van der Waals surface area contributed by atoms with Crippen LogP contribution >= 0.6 is 0 Å². The van der Waals surface area contributed by atoms with E-state index in [0.717, 1.165) is 0 Å². The number of hydrogen-bond donors (Lipinski definition) is 7. The van der Waals surface area contributed by atoms with Gasteiger partial charge in [0.15, 0.2) is 28.8 Å². The summed E-state index contributed by atoms with van der Waals surface area (Å²) in [5.41, 5.74) is 0.189. The van der Waals surface area contributed by atoms with Crippen LogP contribution in [0.4, 0.5) is 0 Å². The lowest BCUT2D eigenvalue weighted by Gasteiger charge is -2.39. The lowest BCUT2D eigenvalue weighted by atomic mass is 9.94. The first kappa shape index (κ1) is 23.9. The van der Waals surface area contributed by atoms with Crippen LogP contribution in [0, 0.1) is 0 Å². The molecular weight excluding hydrogens is 456 g/mol. The van der Waals surface area contributed by atoms with E-state index in [-0.39, 0.29) is 40.7 Å². The minimum absolute atomic E-state index is 0.0377. The van der Waals surface area contributed by atoms with E-state index in [9.17, 15) is 40.5 Å². The number of methoxy groups -OCH3 is 1. The van der Waals surface area contributed by atoms with Gasteiger partial charge in [0, 0.05) is 6.07 Å². The predicted octanol–water partition coefficient (Wildman–Crippen LogP) is -0.303. The number of carbonyl (C=O) groups is 1. The van der Waals surface area contributed by atoms with Crippen LogP contribution in [-0.4, -0.2) is 86.0 Å². The molecule has 0 amide bonds. The first-order valence-corrected chi connectivity index (χ1v) is 10.3. The molecule has 0 bridgehead atoms. The largest absolute Gasteiger partial charge is 0.504 e. The quantitative estimate of drug-likeness (QED) is 0.276. The van der Waals surface area contributed by atoms with Gasteiger partial charge in [0.1, 0.15) is 41.8 Å². The zero-order valence-corrected chi connectivity index (χ0v) is 17.9. The number of fused-ring (bicyclic) bond motifs is 1. The molecule has 2 aromatic carbocycles. The Hall–Kier alpha value is -3.29. The van der Waals surface area contributed by atoms with Crippen molar-refractivity contribution in [1.82, 2.24) is 0 Å². The van der Waals surface area contributed by atoms with Gasteiger partial charge in [-0.05, 0) is 17.7 Å². The van der Waals surface area contributed by atoms with E-state index < -0.39 is 54.9 Å². The third kappa shape index (κ3) is 4.06. The molecule has 2 aromatic rings.